The number of hydrogen-bond donors (Lipinski definition) is 2. The molecule has 1 fully saturated rings. The molecule has 1 rings (SSSR count). The minimum absolute atomic E-state index is 0. The number of rotatable bonds is 6. The van der Waals surface area contributed by atoms with Gasteiger partial charge >= 0.3 is 0 Å². The summed E-state index contributed by atoms with van der Waals surface area (Å²) in [6.07, 6.45) is 3.37. The molecule has 118 valence electrons. The van der Waals surface area contributed by atoms with Crippen molar-refractivity contribution in [2.45, 2.75) is 32.6 Å². The second-order valence-corrected chi connectivity index (χ2v) is 5.53. The summed E-state index contributed by atoms with van der Waals surface area (Å²) in [4.78, 5) is 24.9. The monoisotopic (exact) mass is 305 g/mol. The molecule has 6 heteroatoms. The molecule has 0 radical (unpaired) electrons. The predicted octanol–water partition coefficient (Wildman–Crippen LogP) is 1.03. The maximum Gasteiger partial charge on any atom is 0.222 e. The van der Waals surface area contributed by atoms with Crippen LogP contribution in [0.15, 0.2) is 0 Å². The third-order valence-electron chi connectivity index (χ3n) is 4.02. The fraction of sp³-hybridized carbons (Fsp3) is 0.857. The fourth-order valence-corrected chi connectivity index (χ4v) is 2.48. The smallest absolute Gasteiger partial charge is 0.222 e. The zero-order chi connectivity index (χ0) is 14.3. The highest BCUT2D eigenvalue weighted by molar-refractivity contribution is 5.85. The second-order valence-electron chi connectivity index (χ2n) is 5.53. The summed E-state index contributed by atoms with van der Waals surface area (Å²) in [5.41, 5.74) is 0. The molecule has 0 aromatic carbocycles. The Balaban J connectivity index is 0.00000361. The van der Waals surface area contributed by atoms with Gasteiger partial charge in [-0.3, -0.25) is 9.59 Å². The number of hydrogen-bond acceptors (Lipinski definition) is 3. The normalized spacial score (nSPS) is 19.6. The number of nitrogens with one attached hydrogen (secondary N) is 2. The number of nitrogens with zero attached hydrogens (tertiary/aromatic N) is 1. The highest BCUT2D eigenvalue weighted by Crippen LogP contribution is 2.22. The summed E-state index contributed by atoms with van der Waals surface area (Å²) in [5, 5.41) is 5.95. The first-order valence-corrected chi connectivity index (χ1v) is 7.19. The average molecular weight is 306 g/mol. The van der Waals surface area contributed by atoms with E-state index in [2.05, 4.69) is 17.6 Å². The van der Waals surface area contributed by atoms with E-state index in [0.717, 1.165) is 13.1 Å². The van der Waals surface area contributed by atoms with Crippen molar-refractivity contribution in [2.75, 3.05) is 33.7 Å². The molecule has 5 nitrogen and oxygen atoms in total. The van der Waals surface area contributed by atoms with Crippen LogP contribution in [0.25, 0.3) is 0 Å². The Morgan fingerprint density at radius 2 is 2.15 bits per heavy atom. The van der Waals surface area contributed by atoms with Gasteiger partial charge in [0.1, 0.15) is 0 Å². The van der Waals surface area contributed by atoms with Crippen LogP contribution in [0, 0.1) is 11.8 Å². The van der Waals surface area contributed by atoms with Crippen molar-refractivity contribution in [3.63, 3.8) is 0 Å². The standard InChI is InChI=1S/C14H27N3O2.ClH/c1-11(12-5-4-7-16-10-12)9-14(19)17(3)8-6-13(18)15-2;/h11-12,16H,4-10H2,1-3H3,(H,15,18);1H. The van der Waals surface area contributed by atoms with Crippen molar-refractivity contribution >= 4 is 24.2 Å². The lowest BCUT2D eigenvalue weighted by molar-refractivity contribution is -0.131. The van der Waals surface area contributed by atoms with E-state index >= 15 is 0 Å². The molecule has 1 aliphatic heterocycles. The van der Waals surface area contributed by atoms with Gasteiger partial charge in [-0.2, -0.15) is 0 Å². The van der Waals surface area contributed by atoms with Gasteiger partial charge < -0.3 is 15.5 Å². The van der Waals surface area contributed by atoms with Crippen LogP contribution in [-0.2, 0) is 9.59 Å². The van der Waals surface area contributed by atoms with Crippen LogP contribution in [0.2, 0.25) is 0 Å². The molecule has 1 saturated heterocycles. The number of halogens is 1. The molecule has 0 aliphatic carbocycles. The first-order valence-electron chi connectivity index (χ1n) is 7.19. The van der Waals surface area contributed by atoms with Gasteiger partial charge in [-0.05, 0) is 37.8 Å². The molecular weight excluding hydrogens is 278 g/mol. The summed E-state index contributed by atoms with van der Waals surface area (Å²) in [6.45, 7) is 4.77. The molecule has 2 N–H and O–H groups in total. The minimum atomic E-state index is -0.0239. The number of piperidine rings is 1. The van der Waals surface area contributed by atoms with Gasteiger partial charge in [-0.1, -0.05) is 6.92 Å². The Kier molecular flexibility index (Phi) is 9.59. The number of amides is 2. The maximum atomic E-state index is 12.1. The Morgan fingerprint density at radius 1 is 1.45 bits per heavy atom. The topological polar surface area (TPSA) is 61.4 Å². The van der Waals surface area contributed by atoms with Crippen molar-refractivity contribution in [3.05, 3.63) is 0 Å². The molecular formula is C14H28ClN3O2. The maximum absolute atomic E-state index is 12.1. The number of carbonyl (C=O) groups is 2. The van der Waals surface area contributed by atoms with Crippen LogP contribution in [0.1, 0.15) is 32.6 Å². The first kappa shape index (κ1) is 19.2. The molecule has 0 bridgehead atoms. The van der Waals surface area contributed by atoms with E-state index in [-0.39, 0.29) is 24.2 Å². The summed E-state index contributed by atoms with van der Waals surface area (Å²) in [5.74, 6) is 1.12. The molecule has 0 aromatic heterocycles. The molecule has 2 unspecified atom stereocenters. The Morgan fingerprint density at radius 3 is 2.70 bits per heavy atom. The van der Waals surface area contributed by atoms with E-state index in [0.29, 0.717) is 31.2 Å². The number of carbonyl (C=O) groups excluding carboxylic acids is 2. The molecule has 0 aromatic rings. The second kappa shape index (κ2) is 10.00. The van der Waals surface area contributed by atoms with E-state index in [9.17, 15) is 9.59 Å². The lowest BCUT2D eigenvalue weighted by Gasteiger charge is -2.29. The molecule has 1 heterocycles. The minimum Gasteiger partial charge on any atom is -0.359 e. The van der Waals surface area contributed by atoms with E-state index in [1.807, 2.05) is 0 Å². The SMILES string of the molecule is CNC(=O)CCN(C)C(=O)CC(C)C1CCCNC1.Cl. The van der Waals surface area contributed by atoms with Crippen LogP contribution >= 0.6 is 12.4 Å². The van der Waals surface area contributed by atoms with Crippen molar-refractivity contribution in [2.24, 2.45) is 11.8 Å². The van der Waals surface area contributed by atoms with Crippen LogP contribution in [-0.4, -0.2) is 50.4 Å². The van der Waals surface area contributed by atoms with Gasteiger partial charge in [0.05, 0.1) is 0 Å². The van der Waals surface area contributed by atoms with Gasteiger partial charge in [0.15, 0.2) is 0 Å². The van der Waals surface area contributed by atoms with E-state index in [4.69, 9.17) is 0 Å². The van der Waals surface area contributed by atoms with Crippen LogP contribution < -0.4 is 10.6 Å². The largest absolute Gasteiger partial charge is 0.359 e. The highest BCUT2D eigenvalue weighted by Gasteiger charge is 2.23. The predicted molar refractivity (Wildman–Crippen MR) is 82.9 cm³/mol. The van der Waals surface area contributed by atoms with Gasteiger partial charge in [0, 0.05) is 33.5 Å². The molecule has 2 atom stereocenters. The average Bonchev–Trinajstić information content (AvgIpc) is 2.44. The molecule has 0 spiro atoms. The van der Waals surface area contributed by atoms with Gasteiger partial charge in [-0.15, -0.1) is 12.4 Å². The van der Waals surface area contributed by atoms with E-state index in [1.165, 1.54) is 12.8 Å². The van der Waals surface area contributed by atoms with Crippen molar-refractivity contribution in [1.82, 2.24) is 15.5 Å². The molecule has 1 aliphatic rings. The Bertz CT molecular complexity index is 307. The van der Waals surface area contributed by atoms with Gasteiger partial charge in [-0.25, -0.2) is 0 Å². The van der Waals surface area contributed by atoms with Gasteiger partial charge in [0.2, 0.25) is 11.8 Å². The molecule has 20 heavy (non-hydrogen) atoms. The van der Waals surface area contributed by atoms with Crippen LogP contribution in [0.5, 0.6) is 0 Å². The first-order chi connectivity index (χ1) is 9.04. The zero-order valence-electron chi connectivity index (χ0n) is 12.8. The van der Waals surface area contributed by atoms with Crippen molar-refractivity contribution < 1.29 is 9.59 Å². The van der Waals surface area contributed by atoms with Crippen LogP contribution in [0.4, 0.5) is 0 Å². The molecule has 0 saturated carbocycles. The van der Waals surface area contributed by atoms with E-state index < -0.39 is 0 Å². The molecule has 2 amide bonds. The van der Waals surface area contributed by atoms with Gasteiger partial charge in [0.25, 0.3) is 0 Å². The summed E-state index contributed by atoms with van der Waals surface area (Å²) in [7, 11) is 3.39. The fourth-order valence-electron chi connectivity index (χ4n) is 2.48. The quantitative estimate of drug-likeness (QED) is 0.770. The van der Waals surface area contributed by atoms with Crippen LogP contribution in [0.3, 0.4) is 0 Å². The Hall–Kier alpha value is -0.810. The van der Waals surface area contributed by atoms with E-state index in [1.54, 1.807) is 19.0 Å². The third kappa shape index (κ3) is 6.57. The third-order valence-corrected chi connectivity index (χ3v) is 4.02. The highest BCUT2D eigenvalue weighted by atomic mass is 35.5. The lowest BCUT2D eigenvalue weighted by Crippen LogP contribution is -2.37. The summed E-state index contributed by atoms with van der Waals surface area (Å²) in [6, 6.07) is 0. The zero-order valence-corrected chi connectivity index (χ0v) is 13.6. The lowest BCUT2D eigenvalue weighted by atomic mass is 9.85. The van der Waals surface area contributed by atoms with Crippen molar-refractivity contribution in [3.8, 4) is 0 Å². The van der Waals surface area contributed by atoms with Crippen molar-refractivity contribution in [1.29, 1.82) is 0 Å². The summed E-state index contributed by atoms with van der Waals surface area (Å²) < 4.78 is 0. The Labute approximate surface area is 128 Å². The summed E-state index contributed by atoms with van der Waals surface area (Å²) >= 11 is 0.